The number of hydrogen-bond donors (Lipinski definition) is 1. The summed E-state index contributed by atoms with van der Waals surface area (Å²) in [5, 5.41) is 0. The number of likely N-dealkylation sites (tertiary alicyclic amines) is 1. The van der Waals surface area contributed by atoms with E-state index in [-0.39, 0.29) is 0 Å². The number of nitrogens with zero attached hydrogens (tertiary/aromatic N) is 1. The van der Waals surface area contributed by atoms with E-state index in [4.69, 9.17) is 5.73 Å². The fourth-order valence-corrected chi connectivity index (χ4v) is 2.76. The summed E-state index contributed by atoms with van der Waals surface area (Å²) < 4.78 is 0. The highest BCUT2D eigenvalue weighted by Gasteiger charge is 2.55. The second-order valence-electron chi connectivity index (χ2n) is 4.84. The monoisotopic (exact) mass is 168 g/mol. The number of piperidine rings is 1. The third-order valence-corrected chi connectivity index (χ3v) is 3.87. The molecule has 1 aliphatic carbocycles. The van der Waals surface area contributed by atoms with Crippen LogP contribution in [0.5, 0.6) is 0 Å². The van der Waals surface area contributed by atoms with E-state index >= 15 is 0 Å². The van der Waals surface area contributed by atoms with Crippen LogP contribution in [0.2, 0.25) is 0 Å². The number of rotatable bonds is 1. The Morgan fingerprint density at radius 2 is 2.00 bits per heavy atom. The maximum atomic E-state index is 5.92. The highest BCUT2D eigenvalue weighted by Crippen LogP contribution is 2.60. The SMILES string of the molecule is CC(N)C1CC12CCN(C)CC2. The van der Waals surface area contributed by atoms with Crippen LogP contribution in [0.15, 0.2) is 0 Å². The van der Waals surface area contributed by atoms with E-state index in [1.165, 1.54) is 32.4 Å². The van der Waals surface area contributed by atoms with Crippen molar-refractivity contribution in [2.75, 3.05) is 20.1 Å². The maximum Gasteiger partial charge on any atom is 0.00442 e. The molecule has 0 aromatic carbocycles. The highest BCUT2D eigenvalue weighted by atomic mass is 15.1. The smallest absolute Gasteiger partial charge is 0.00442 e. The molecule has 2 aliphatic rings. The molecular weight excluding hydrogens is 148 g/mol. The van der Waals surface area contributed by atoms with Crippen LogP contribution in [0.3, 0.4) is 0 Å². The van der Waals surface area contributed by atoms with Crippen LogP contribution in [0.4, 0.5) is 0 Å². The average Bonchev–Trinajstić information content (AvgIpc) is 2.72. The quantitative estimate of drug-likeness (QED) is 0.634. The van der Waals surface area contributed by atoms with Gasteiger partial charge in [0, 0.05) is 6.04 Å². The molecular formula is C10H20N2. The van der Waals surface area contributed by atoms with Crippen LogP contribution in [0.25, 0.3) is 0 Å². The van der Waals surface area contributed by atoms with Crippen molar-refractivity contribution in [3.8, 4) is 0 Å². The predicted molar refractivity (Wildman–Crippen MR) is 50.9 cm³/mol. The van der Waals surface area contributed by atoms with E-state index in [9.17, 15) is 0 Å². The maximum absolute atomic E-state index is 5.92. The largest absolute Gasteiger partial charge is 0.328 e. The van der Waals surface area contributed by atoms with Crippen LogP contribution in [0.1, 0.15) is 26.2 Å². The molecule has 2 heteroatoms. The van der Waals surface area contributed by atoms with Gasteiger partial charge in [-0.3, -0.25) is 0 Å². The van der Waals surface area contributed by atoms with Crippen molar-refractivity contribution in [1.29, 1.82) is 0 Å². The van der Waals surface area contributed by atoms with Crippen molar-refractivity contribution < 1.29 is 0 Å². The van der Waals surface area contributed by atoms with Crippen molar-refractivity contribution in [3.63, 3.8) is 0 Å². The molecule has 1 spiro atoms. The standard InChI is InChI=1S/C10H20N2/c1-8(11)9-7-10(9)3-5-12(2)6-4-10/h8-9H,3-7,11H2,1-2H3. The lowest BCUT2D eigenvalue weighted by atomic mass is 9.89. The Labute approximate surface area is 75.1 Å². The van der Waals surface area contributed by atoms with E-state index in [1.54, 1.807) is 0 Å². The Morgan fingerprint density at radius 1 is 1.42 bits per heavy atom. The first-order chi connectivity index (χ1) is 5.64. The molecule has 12 heavy (non-hydrogen) atoms. The minimum Gasteiger partial charge on any atom is -0.328 e. The molecule has 2 fully saturated rings. The zero-order valence-electron chi connectivity index (χ0n) is 8.21. The first-order valence-electron chi connectivity index (χ1n) is 5.08. The van der Waals surface area contributed by atoms with Crippen LogP contribution < -0.4 is 5.73 Å². The summed E-state index contributed by atoms with van der Waals surface area (Å²) in [5.41, 5.74) is 6.61. The van der Waals surface area contributed by atoms with Gasteiger partial charge in [0.1, 0.15) is 0 Å². The van der Waals surface area contributed by atoms with Crippen molar-refractivity contribution in [2.45, 2.75) is 32.2 Å². The molecule has 2 nitrogen and oxygen atoms in total. The molecule has 0 amide bonds. The summed E-state index contributed by atoms with van der Waals surface area (Å²) in [5.74, 6) is 0.839. The molecule has 0 bridgehead atoms. The second kappa shape index (κ2) is 2.71. The van der Waals surface area contributed by atoms with Crippen LogP contribution in [0, 0.1) is 11.3 Å². The third kappa shape index (κ3) is 1.27. The van der Waals surface area contributed by atoms with Crippen LogP contribution in [-0.4, -0.2) is 31.1 Å². The molecule has 1 saturated heterocycles. The highest BCUT2D eigenvalue weighted by molar-refractivity contribution is 5.07. The topological polar surface area (TPSA) is 29.3 Å². The molecule has 1 aliphatic heterocycles. The van der Waals surface area contributed by atoms with Crippen molar-refractivity contribution in [1.82, 2.24) is 4.90 Å². The molecule has 0 radical (unpaired) electrons. The fraction of sp³-hybridized carbons (Fsp3) is 1.00. The third-order valence-electron chi connectivity index (χ3n) is 3.87. The number of nitrogens with two attached hydrogens (primary N) is 1. The van der Waals surface area contributed by atoms with Gasteiger partial charge in [0.05, 0.1) is 0 Å². The summed E-state index contributed by atoms with van der Waals surface area (Å²) >= 11 is 0. The van der Waals surface area contributed by atoms with E-state index in [1.807, 2.05) is 0 Å². The minimum absolute atomic E-state index is 0.424. The zero-order valence-corrected chi connectivity index (χ0v) is 8.21. The Morgan fingerprint density at radius 3 is 2.42 bits per heavy atom. The molecule has 2 unspecified atom stereocenters. The van der Waals surface area contributed by atoms with Gasteiger partial charge in [-0.25, -0.2) is 0 Å². The molecule has 0 aromatic rings. The lowest BCUT2D eigenvalue weighted by Crippen LogP contribution is -2.34. The van der Waals surface area contributed by atoms with Crippen LogP contribution >= 0.6 is 0 Å². The van der Waals surface area contributed by atoms with Gasteiger partial charge in [0.25, 0.3) is 0 Å². The van der Waals surface area contributed by atoms with E-state index < -0.39 is 0 Å². The lowest BCUT2D eigenvalue weighted by Gasteiger charge is -2.30. The molecule has 70 valence electrons. The lowest BCUT2D eigenvalue weighted by molar-refractivity contribution is 0.189. The summed E-state index contributed by atoms with van der Waals surface area (Å²) in [4.78, 5) is 2.43. The van der Waals surface area contributed by atoms with Gasteiger partial charge < -0.3 is 10.6 Å². The first kappa shape index (κ1) is 8.52. The van der Waals surface area contributed by atoms with Gasteiger partial charge in [-0.05, 0) is 57.7 Å². The van der Waals surface area contributed by atoms with Gasteiger partial charge in [-0.1, -0.05) is 0 Å². The first-order valence-corrected chi connectivity index (χ1v) is 5.08. The van der Waals surface area contributed by atoms with Crippen molar-refractivity contribution in [3.05, 3.63) is 0 Å². The fourth-order valence-electron chi connectivity index (χ4n) is 2.76. The molecule has 1 saturated carbocycles. The van der Waals surface area contributed by atoms with Crippen LogP contribution in [-0.2, 0) is 0 Å². The average molecular weight is 168 g/mol. The van der Waals surface area contributed by atoms with E-state index in [2.05, 4.69) is 18.9 Å². The normalized spacial score (nSPS) is 36.8. The summed E-state index contributed by atoms with van der Waals surface area (Å²) in [6.45, 7) is 4.73. The molecule has 1 heterocycles. The molecule has 2 rings (SSSR count). The Balaban J connectivity index is 1.91. The van der Waals surface area contributed by atoms with E-state index in [0.717, 1.165) is 5.92 Å². The Kier molecular flexibility index (Phi) is 1.92. The Hall–Kier alpha value is -0.0800. The summed E-state index contributed by atoms with van der Waals surface area (Å²) in [7, 11) is 2.22. The van der Waals surface area contributed by atoms with Crippen molar-refractivity contribution in [2.24, 2.45) is 17.1 Å². The zero-order chi connectivity index (χ0) is 8.77. The second-order valence-corrected chi connectivity index (χ2v) is 4.84. The molecule has 0 aromatic heterocycles. The number of hydrogen-bond acceptors (Lipinski definition) is 2. The Bertz CT molecular complexity index is 169. The van der Waals surface area contributed by atoms with Gasteiger partial charge in [-0.2, -0.15) is 0 Å². The van der Waals surface area contributed by atoms with E-state index in [0.29, 0.717) is 11.5 Å². The van der Waals surface area contributed by atoms with Gasteiger partial charge in [-0.15, -0.1) is 0 Å². The minimum atomic E-state index is 0.424. The molecule has 2 N–H and O–H groups in total. The summed E-state index contributed by atoms with van der Waals surface area (Å²) in [6, 6.07) is 0.424. The van der Waals surface area contributed by atoms with Crippen molar-refractivity contribution >= 4 is 0 Å². The molecule has 2 atom stereocenters. The predicted octanol–water partition coefficient (Wildman–Crippen LogP) is 1.07. The van der Waals surface area contributed by atoms with Gasteiger partial charge in [0.15, 0.2) is 0 Å². The van der Waals surface area contributed by atoms with Gasteiger partial charge in [0.2, 0.25) is 0 Å². The van der Waals surface area contributed by atoms with Gasteiger partial charge >= 0.3 is 0 Å². The summed E-state index contributed by atoms with van der Waals surface area (Å²) in [6.07, 6.45) is 4.17.